The molecule has 2 aromatic carbocycles. The van der Waals surface area contributed by atoms with Crippen molar-refractivity contribution in [3.63, 3.8) is 0 Å². The van der Waals surface area contributed by atoms with Crippen molar-refractivity contribution in [3.05, 3.63) is 70.7 Å². The van der Waals surface area contributed by atoms with Gasteiger partial charge in [0.2, 0.25) is 5.91 Å². The van der Waals surface area contributed by atoms with Gasteiger partial charge in [0.25, 0.3) is 0 Å². The highest BCUT2D eigenvalue weighted by Crippen LogP contribution is 2.34. The standard InChI is InChI=1S/C20H19ClINO4/c21-15-8-6-14(7-9-15)18(24)16(10-11-22)19(25)23-17(12-27-20(23)26)13-4-2-1-3-5-13/h1-9,16-18,24H,10-12H2/t16-,17-,18-/m1/s1. The van der Waals surface area contributed by atoms with Crippen molar-refractivity contribution in [1.29, 1.82) is 0 Å². The maximum absolute atomic E-state index is 13.2. The molecule has 1 saturated heterocycles. The Bertz CT molecular complexity index is 799. The molecule has 3 rings (SSSR count). The summed E-state index contributed by atoms with van der Waals surface area (Å²) in [6.45, 7) is 0.114. The fraction of sp³-hybridized carbons (Fsp3) is 0.300. The van der Waals surface area contributed by atoms with Crippen molar-refractivity contribution in [1.82, 2.24) is 4.90 Å². The molecule has 7 heteroatoms. The van der Waals surface area contributed by atoms with Crippen LogP contribution in [0.25, 0.3) is 0 Å². The Kier molecular flexibility index (Phi) is 6.73. The lowest BCUT2D eigenvalue weighted by atomic mass is 9.91. The number of alkyl halides is 1. The number of aliphatic hydroxyl groups is 1. The molecule has 1 heterocycles. The van der Waals surface area contributed by atoms with Crippen LogP contribution < -0.4 is 0 Å². The molecule has 1 N–H and O–H groups in total. The van der Waals surface area contributed by atoms with Gasteiger partial charge < -0.3 is 9.84 Å². The van der Waals surface area contributed by atoms with E-state index in [-0.39, 0.29) is 6.61 Å². The lowest BCUT2D eigenvalue weighted by Gasteiger charge is -2.28. The molecule has 142 valence electrons. The van der Waals surface area contributed by atoms with Crippen molar-refractivity contribution >= 4 is 46.2 Å². The van der Waals surface area contributed by atoms with Gasteiger partial charge in [0, 0.05) is 9.45 Å². The second kappa shape index (κ2) is 9.03. The van der Waals surface area contributed by atoms with Gasteiger partial charge in [0.05, 0.1) is 12.0 Å². The van der Waals surface area contributed by atoms with Gasteiger partial charge in [0.1, 0.15) is 12.6 Å². The summed E-state index contributed by atoms with van der Waals surface area (Å²) in [4.78, 5) is 26.7. The second-order valence-electron chi connectivity index (χ2n) is 6.29. The normalized spacial score (nSPS) is 18.9. The van der Waals surface area contributed by atoms with E-state index in [0.29, 0.717) is 21.4 Å². The minimum absolute atomic E-state index is 0.114. The van der Waals surface area contributed by atoms with Crippen LogP contribution in [0, 0.1) is 5.92 Å². The third-order valence-electron chi connectivity index (χ3n) is 4.62. The minimum Gasteiger partial charge on any atom is -0.446 e. The van der Waals surface area contributed by atoms with Crippen LogP contribution in [0.1, 0.15) is 29.7 Å². The second-order valence-corrected chi connectivity index (χ2v) is 7.81. The third-order valence-corrected chi connectivity index (χ3v) is 5.50. The molecule has 0 unspecified atom stereocenters. The first kappa shape index (κ1) is 20.1. The van der Waals surface area contributed by atoms with Crippen LogP contribution in [0.4, 0.5) is 4.79 Å². The van der Waals surface area contributed by atoms with E-state index in [1.807, 2.05) is 30.3 Å². The first-order chi connectivity index (χ1) is 13.0. The predicted molar refractivity (Wildman–Crippen MR) is 111 cm³/mol. The zero-order valence-corrected chi connectivity index (χ0v) is 17.3. The summed E-state index contributed by atoms with van der Waals surface area (Å²) in [6.07, 6.45) is -1.26. The largest absolute Gasteiger partial charge is 0.446 e. The number of cyclic esters (lactones) is 1. The molecule has 1 fully saturated rings. The van der Waals surface area contributed by atoms with Crippen LogP contribution in [-0.2, 0) is 9.53 Å². The molecule has 3 atom stereocenters. The number of halogens is 2. The number of imide groups is 1. The molecule has 0 radical (unpaired) electrons. The summed E-state index contributed by atoms with van der Waals surface area (Å²) in [5.74, 6) is -1.18. The highest BCUT2D eigenvalue weighted by molar-refractivity contribution is 14.1. The number of rotatable bonds is 6. The molecule has 0 bridgehead atoms. The molecule has 0 aromatic heterocycles. The summed E-state index contributed by atoms with van der Waals surface area (Å²) >= 11 is 8.07. The van der Waals surface area contributed by atoms with E-state index < -0.39 is 30.1 Å². The molecule has 0 aliphatic carbocycles. The Balaban J connectivity index is 1.88. The molecule has 2 amide bonds. The van der Waals surface area contributed by atoms with Crippen molar-refractivity contribution in [2.45, 2.75) is 18.6 Å². The van der Waals surface area contributed by atoms with Crippen molar-refractivity contribution in [2.75, 3.05) is 11.0 Å². The topological polar surface area (TPSA) is 66.8 Å². The van der Waals surface area contributed by atoms with Gasteiger partial charge in [-0.2, -0.15) is 0 Å². The number of aliphatic hydroxyl groups excluding tert-OH is 1. The maximum Gasteiger partial charge on any atom is 0.417 e. The molecule has 27 heavy (non-hydrogen) atoms. The van der Waals surface area contributed by atoms with Gasteiger partial charge in [-0.15, -0.1) is 0 Å². The molecule has 2 aromatic rings. The fourth-order valence-electron chi connectivity index (χ4n) is 3.19. The van der Waals surface area contributed by atoms with Gasteiger partial charge in [-0.3, -0.25) is 4.79 Å². The highest BCUT2D eigenvalue weighted by atomic mass is 127. The molecule has 1 aliphatic heterocycles. The van der Waals surface area contributed by atoms with E-state index in [2.05, 4.69) is 22.6 Å². The molecule has 0 saturated carbocycles. The Hall–Kier alpha value is -1.64. The predicted octanol–water partition coefficient (Wildman–Crippen LogP) is 4.53. The fourth-order valence-corrected chi connectivity index (χ4v) is 3.99. The lowest BCUT2D eigenvalue weighted by molar-refractivity contribution is -0.137. The Labute approximate surface area is 176 Å². The van der Waals surface area contributed by atoms with Gasteiger partial charge in [0.15, 0.2) is 0 Å². The first-order valence-corrected chi connectivity index (χ1v) is 10.5. The van der Waals surface area contributed by atoms with Gasteiger partial charge in [-0.05, 0) is 29.7 Å². The SMILES string of the molecule is O=C1OC[C@H](c2ccccc2)N1C(=O)[C@H](CCI)[C@H](O)c1ccc(Cl)cc1. The van der Waals surface area contributed by atoms with E-state index in [1.165, 1.54) is 0 Å². The number of carbonyl (C=O) groups excluding carboxylic acids is 2. The Morgan fingerprint density at radius 3 is 2.52 bits per heavy atom. The number of ether oxygens (including phenoxy) is 1. The molecule has 0 spiro atoms. The van der Waals surface area contributed by atoms with E-state index in [4.69, 9.17) is 16.3 Å². The number of carbonyl (C=O) groups is 2. The third kappa shape index (κ3) is 4.44. The smallest absolute Gasteiger partial charge is 0.417 e. The van der Waals surface area contributed by atoms with Crippen molar-refractivity contribution in [3.8, 4) is 0 Å². The van der Waals surface area contributed by atoms with Crippen LogP contribution in [0.2, 0.25) is 5.02 Å². The average Bonchev–Trinajstić information content (AvgIpc) is 3.08. The number of amides is 2. The lowest BCUT2D eigenvalue weighted by Crippen LogP contribution is -2.41. The van der Waals surface area contributed by atoms with Gasteiger partial charge >= 0.3 is 6.09 Å². The van der Waals surface area contributed by atoms with E-state index in [0.717, 1.165) is 10.5 Å². The zero-order valence-electron chi connectivity index (χ0n) is 14.4. The number of benzene rings is 2. The first-order valence-electron chi connectivity index (χ1n) is 8.57. The summed E-state index contributed by atoms with van der Waals surface area (Å²) < 4.78 is 5.81. The van der Waals surface area contributed by atoms with Crippen molar-refractivity contribution < 1.29 is 19.4 Å². The minimum atomic E-state index is -1.03. The highest BCUT2D eigenvalue weighted by Gasteiger charge is 2.43. The van der Waals surface area contributed by atoms with Crippen LogP contribution >= 0.6 is 34.2 Å². The molecule has 1 aliphatic rings. The Morgan fingerprint density at radius 2 is 1.89 bits per heavy atom. The van der Waals surface area contributed by atoms with Crippen molar-refractivity contribution in [2.24, 2.45) is 5.92 Å². The summed E-state index contributed by atoms with van der Waals surface area (Å²) in [5, 5.41) is 11.4. The monoisotopic (exact) mass is 499 g/mol. The number of nitrogens with zero attached hydrogens (tertiary/aromatic N) is 1. The average molecular weight is 500 g/mol. The van der Waals surface area contributed by atoms with Crippen LogP contribution in [0.15, 0.2) is 54.6 Å². The van der Waals surface area contributed by atoms with Crippen LogP contribution in [0.5, 0.6) is 0 Å². The number of hydrogen-bond donors (Lipinski definition) is 1. The van der Waals surface area contributed by atoms with Gasteiger partial charge in [-0.1, -0.05) is 76.7 Å². The van der Waals surface area contributed by atoms with Gasteiger partial charge in [-0.25, -0.2) is 9.69 Å². The summed E-state index contributed by atoms with van der Waals surface area (Å²) in [5.41, 5.74) is 1.41. The quantitative estimate of drug-likeness (QED) is 0.468. The van der Waals surface area contributed by atoms with Crippen LogP contribution in [-0.4, -0.2) is 33.0 Å². The van der Waals surface area contributed by atoms with E-state index >= 15 is 0 Å². The van der Waals surface area contributed by atoms with E-state index in [1.54, 1.807) is 24.3 Å². The number of hydrogen-bond acceptors (Lipinski definition) is 4. The molecular formula is C20H19ClINO4. The van der Waals surface area contributed by atoms with Crippen LogP contribution in [0.3, 0.4) is 0 Å². The zero-order chi connectivity index (χ0) is 19.4. The Morgan fingerprint density at radius 1 is 1.22 bits per heavy atom. The van der Waals surface area contributed by atoms with E-state index in [9.17, 15) is 14.7 Å². The maximum atomic E-state index is 13.2. The molecular weight excluding hydrogens is 481 g/mol. The summed E-state index contributed by atoms with van der Waals surface area (Å²) in [6, 6.07) is 15.5. The summed E-state index contributed by atoms with van der Waals surface area (Å²) in [7, 11) is 0. The molecule has 5 nitrogen and oxygen atoms in total.